The van der Waals surface area contributed by atoms with Crippen molar-refractivity contribution in [3.63, 3.8) is 0 Å². The summed E-state index contributed by atoms with van der Waals surface area (Å²) in [5.74, 6) is 0.558. The zero-order valence-electron chi connectivity index (χ0n) is 11.5. The van der Waals surface area contributed by atoms with Crippen LogP contribution in [-0.2, 0) is 4.74 Å². The number of rotatable bonds is 3. The number of hydrogen-bond donors (Lipinski definition) is 2. The molecule has 2 aromatic heterocycles. The van der Waals surface area contributed by atoms with E-state index in [4.69, 9.17) is 10.5 Å². The van der Waals surface area contributed by atoms with Crippen LogP contribution >= 0.6 is 22.9 Å². The summed E-state index contributed by atoms with van der Waals surface area (Å²) in [6.45, 7) is 4.91. The molecule has 0 aromatic carbocycles. The first-order chi connectivity index (χ1) is 9.63. The van der Waals surface area contributed by atoms with E-state index in [0.717, 1.165) is 40.7 Å². The average Bonchev–Trinajstić information content (AvgIpc) is 2.96. The van der Waals surface area contributed by atoms with Crippen LogP contribution in [0.2, 0.25) is 0 Å². The third-order valence-corrected chi connectivity index (χ3v) is 4.98. The van der Waals surface area contributed by atoms with E-state index in [1.807, 2.05) is 12.3 Å². The molecule has 2 unspecified atom stereocenters. The average molecular weight is 310 g/mol. The highest BCUT2D eigenvalue weighted by Crippen LogP contribution is 2.38. The zero-order chi connectivity index (χ0) is 14.1. The van der Waals surface area contributed by atoms with Crippen molar-refractivity contribution < 1.29 is 4.74 Å². The lowest BCUT2D eigenvalue weighted by Gasteiger charge is -2.28. The standard InChI is InChI=1S/C13H18N4OS2/c1-7-5-9(3-4-18-7)16-13-11(12(14)17-20-13)10-6-19-8(2)15-10/h6-7,9,16H,3-5H2,1-2H3,(H2,14,17). The normalized spacial score (nSPS) is 22.9. The molecular formula is C13H18N4OS2. The number of nitrogens with one attached hydrogen (secondary N) is 1. The van der Waals surface area contributed by atoms with Gasteiger partial charge in [0.2, 0.25) is 0 Å². The Morgan fingerprint density at radius 2 is 2.35 bits per heavy atom. The third-order valence-electron chi connectivity index (χ3n) is 3.41. The highest BCUT2D eigenvalue weighted by molar-refractivity contribution is 7.11. The summed E-state index contributed by atoms with van der Waals surface area (Å²) in [5.41, 5.74) is 7.88. The van der Waals surface area contributed by atoms with Crippen molar-refractivity contribution in [1.29, 1.82) is 0 Å². The van der Waals surface area contributed by atoms with Gasteiger partial charge in [-0.15, -0.1) is 11.3 Å². The Morgan fingerprint density at radius 1 is 1.50 bits per heavy atom. The topological polar surface area (TPSA) is 73.1 Å². The smallest absolute Gasteiger partial charge is 0.148 e. The number of aryl methyl sites for hydroxylation is 1. The van der Waals surface area contributed by atoms with E-state index in [2.05, 4.69) is 21.6 Å². The van der Waals surface area contributed by atoms with Crippen LogP contribution in [0, 0.1) is 6.92 Å². The summed E-state index contributed by atoms with van der Waals surface area (Å²) in [7, 11) is 0. The third kappa shape index (κ3) is 2.79. The second-order valence-electron chi connectivity index (χ2n) is 5.07. The summed E-state index contributed by atoms with van der Waals surface area (Å²) in [6, 6.07) is 0.414. The molecule has 1 aliphatic rings. The molecule has 1 saturated heterocycles. The Hall–Kier alpha value is -1.18. The van der Waals surface area contributed by atoms with Gasteiger partial charge in [0.1, 0.15) is 10.8 Å². The van der Waals surface area contributed by atoms with Gasteiger partial charge in [0.25, 0.3) is 0 Å². The van der Waals surface area contributed by atoms with Crippen molar-refractivity contribution in [3.05, 3.63) is 10.4 Å². The molecule has 7 heteroatoms. The van der Waals surface area contributed by atoms with E-state index in [0.29, 0.717) is 18.0 Å². The maximum atomic E-state index is 6.01. The summed E-state index contributed by atoms with van der Waals surface area (Å²) in [5, 5.41) is 7.66. The molecule has 0 radical (unpaired) electrons. The Bertz CT molecular complexity index is 595. The van der Waals surface area contributed by atoms with E-state index in [9.17, 15) is 0 Å². The zero-order valence-corrected chi connectivity index (χ0v) is 13.2. The molecule has 3 N–H and O–H groups in total. The summed E-state index contributed by atoms with van der Waals surface area (Å²) >= 11 is 3.04. The Kier molecular flexibility index (Phi) is 3.91. The van der Waals surface area contributed by atoms with Crippen LogP contribution in [0.25, 0.3) is 11.3 Å². The van der Waals surface area contributed by atoms with E-state index >= 15 is 0 Å². The number of anilines is 2. The van der Waals surface area contributed by atoms with Gasteiger partial charge in [0.05, 0.1) is 22.4 Å². The molecule has 3 rings (SSSR count). The van der Waals surface area contributed by atoms with Gasteiger partial charge in [-0.2, -0.15) is 4.37 Å². The number of nitrogens with zero attached hydrogens (tertiary/aromatic N) is 2. The minimum absolute atomic E-state index is 0.302. The van der Waals surface area contributed by atoms with Crippen LogP contribution in [0.3, 0.4) is 0 Å². The number of thiazole rings is 1. The van der Waals surface area contributed by atoms with Gasteiger partial charge in [-0.1, -0.05) is 0 Å². The Labute approximate surface area is 126 Å². The maximum absolute atomic E-state index is 6.01. The van der Waals surface area contributed by atoms with Crippen LogP contribution in [-0.4, -0.2) is 28.1 Å². The van der Waals surface area contributed by atoms with Crippen LogP contribution in [0.15, 0.2) is 5.38 Å². The molecule has 1 aliphatic heterocycles. The fraction of sp³-hybridized carbons (Fsp3) is 0.538. The molecule has 0 aliphatic carbocycles. The van der Waals surface area contributed by atoms with E-state index in [1.165, 1.54) is 11.5 Å². The second-order valence-corrected chi connectivity index (χ2v) is 6.91. The number of hydrogen-bond acceptors (Lipinski definition) is 7. The number of nitrogens with two attached hydrogens (primary N) is 1. The molecule has 0 bridgehead atoms. The van der Waals surface area contributed by atoms with E-state index < -0.39 is 0 Å². The molecule has 2 aromatic rings. The number of ether oxygens (including phenoxy) is 1. The fourth-order valence-electron chi connectivity index (χ4n) is 2.44. The van der Waals surface area contributed by atoms with Crippen LogP contribution < -0.4 is 11.1 Å². The predicted molar refractivity (Wildman–Crippen MR) is 84.4 cm³/mol. The molecule has 3 heterocycles. The van der Waals surface area contributed by atoms with E-state index in [1.54, 1.807) is 11.3 Å². The van der Waals surface area contributed by atoms with Crippen molar-refractivity contribution in [2.75, 3.05) is 17.7 Å². The minimum Gasteiger partial charge on any atom is -0.382 e. The summed E-state index contributed by atoms with van der Waals surface area (Å²) in [4.78, 5) is 4.52. The molecule has 0 spiro atoms. The SMILES string of the molecule is Cc1nc(-c2c(N)nsc2NC2CCOC(C)C2)cs1. The van der Waals surface area contributed by atoms with Crippen molar-refractivity contribution in [3.8, 4) is 11.3 Å². The van der Waals surface area contributed by atoms with Crippen LogP contribution in [0.4, 0.5) is 10.8 Å². The van der Waals surface area contributed by atoms with Gasteiger partial charge < -0.3 is 15.8 Å². The van der Waals surface area contributed by atoms with Crippen molar-refractivity contribution in [2.24, 2.45) is 0 Å². The lowest BCUT2D eigenvalue weighted by molar-refractivity contribution is 0.0233. The van der Waals surface area contributed by atoms with Gasteiger partial charge in [0, 0.05) is 18.0 Å². The molecular weight excluding hydrogens is 292 g/mol. The lowest BCUT2D eigenvalue weighted by Crippen LogP contribution is -2.32. The first-order valence-corrected chi connectivity index (χ1v) is 8.34. The lowest BCUT2D eigenvalue weighted by atomic mass is 10.0. The van der Waals surface area contributed by atoms with Gasteiger partial charge in [-0.05, 0) is 38.2 Å². The molecule has 2 atom stereocenters. The molecule has 1 fully saturated rings. The highest BCUT2D eigenvalue weighted by atomic mass is 32.1. The monoisotopic (exact) mass is 310 g/mol. The first-order valence-electron chi connectivity index (χ1n) is 6.69. The second kappa shape index (κ2) is 5.67. The number of nitrogen functional groups attached to an aromatic ring is 1. The minimum atomic E-state index is 0.302. The Morgan fingerprint density at radius 3 is 3.05 bits per heavy atom. The van der Waals surface area contributed by atoms with Crippen LogP contribution in [0.1, 0.15) is 24.8 Å². The predicted octanol–water partition coefficient (Wildman–Crippen LogP) is 3.14. The molecule has 0 saturated carbocycles. The van der Waals surface area contributed by atoms with Crippen LogP contribution in [0.5, 0.6) is 0 Å². The molecule has 20 heavy (non-hydrogen) atoms. The van der Waals surface area contributed by atoms with Crippen molar-refractivity contribution in [2.45, 2.75) is 38.8 Å². The largest absolute Gasteiger partial charge is 0.382 e. The maximum Gasteiger partial charge on any atom is 0.148 e. The van der Waals surface area contributed by atoms with Gasteiger partial charge in [-0.3, -0.25) is 0 Å². The van der Waals surface area contributed by atoms with Gasteiger partial charge in [-0.25, -0.2) is 4.98 Å². The highest BCUT2D eigenvalue weighted by Gasteiger charge is 2.23. The van der Waals surface area contributed by atoms with Crippen molar-refractivity contribution >= 4 is 33.7 Å². The Balaban J connectivity index is 1.83. The van der Waals surface area contributed by atoms with Crippen molar-refractivity contribution in [1.82, 2.24) is 9.36 Å². The quantitative estimate of drug-likeness (QED) is 0.911. The van der Waals surface area contributed by atoms with Gasteiger partial charge >= 0.3 is 0 Å². The summed E-state index contributed by atoms with van der Waals surface area (Å²) < 4.78 is 9.86. The number of aromatic nitrogens is 2. The molecule has 108 valence electrons. The molecule has 0 amide bonds. The van der Waals surface area contributed by atoms with Gasteiger partial charge in [0.15, 0.2) is 0 Å². The first kappa shape index (κ1) is 13.8. The fourth-order valence-corrected chi connectivity index (χ4v) is 3.85. The molecule has 5 nitrogen and oxygen atoms in total. The summed E-state index contributed by atoms with van der Waals surface area (Å²) in [6.07, 6.45) is 2.32. The van der Waals surface area contributed by atoms with E-state index in [-0.39, 0.29) is 0 Å².